The van der Waals surface area contributed by atoms with Gasteiger partial charge in [-0.05, 0) is 12.1 Å². The highest BCUT2D eigenvalue weighted by atomic mass is 16.7. The van der Waals surface area contributed by atoms with Crippen LogP contribution in [0.2, 0.25) is 0 Å². The molecule has 1 aromatic carbocycles. The first-order chi connectivity index (χ1) is 8.67. The first-order valence-corrected chi connectivity index (χ1v) is 5.13. The lowest BCUT2D eigenvalue weighted by atomic mass is 10.1. The molecule has 1 aromatic rings. The summed E-state index contributed by atoms with van der Waals surface area (Å²) in [6.07, 6.45) is 2.42. The van der Waals surface area contributed by atoms with Crippen LogP contribution in [-0.4, -0.2) is 32.1 Å². The van der Waals surface area contributed by atoms with Crippen molar-refractivity contribution in [3.8, 4) is 23.0 Å². The van der Waals surface area contributed by atoms with E-state index in [1.54, 1.807) is 6.07 Å². The summed E-state index contributed by atoms with van der Waals surface area (Å²) in [6, 6.07) is 1.63. The Morgan fingerprint density at radius 3 is 2.67 bits per heavy atom. The minimum Gasteiger partial charge on any atom is -0.493 e. The van der Waals surface area contributed by atoms with Crippen molar-refractivity contribution in [1.82, 2.24) is 0 Å². The number of ether oxygens (including phenoxy) is 4. The number of benzene rings is 1. The standard InChI is InChI=1S/C12H12O6/c1-15-8-5-7(3-4-9(13)14)10(16-2)12-11(8)17-6-18-12/h3-5H,6H2,1-2H3,(H,13,14)/b4-3+. The average molecular weight is 252 g/mol. The van der Waals surface area contributed by atoms with E-state index < -0.39 is 5.97 Å². The SMILES string of the molecule is COc1cc(/C=C/C(=O)O)c(OC)c2c1OCO2. The van der Waals surface area contributed by atoms with Crippen molar-refractivity contribution in [3.05, 3.63) is 17.7 Å². The zero-order valence-corrected chi connectivity index (χ0v) is 9.93. The Morgan fingerprint density at radius 2 is 2.06 bits per heavy atom. The predicted octanol–water partition coefficient (Wildman–Crippen LogP) is 1.53. The molecule has 6 nitrogen and oxygen atoms in total. The molecule has 18 heavy (non-hydrogen) atoms. The van der Waals surface area contributed by atoms with Gasteiger partial charge in [-0.25, -0.2) is 4.79 Å². The molecule has 6 heteroatoms. The smallest absolute Gasteiger partial charge is 0.328 e. The quantitative estimate of drug-likeness (QED) is 0.819. The first-order valence-electron chi connectivity index (χ1n) is 5.13. The zero-order valence-electron chi connectivity index (χ0n) is 9.93. The third-order valence-electron chi connectivity index (χ3n) is 2.42. The summed E-state index contributed by atoms with van der Waals surface area (Å²) >= 11 is 0. The summed E-state index contributed by atoms with van der Waals surface area (Å²) in [5, 5.41) is 8.64. The topological polar surface area (TPSA) is 74.2 Å². The van der Waals surface area contributed by atoms with Crippen molar-refractivity contribution < 1.29 is 28.8 Å². The number of fused-ring (bicyclic) bond motifs is 1. The van der Waals surface area contributed by atoms with E-state index in [1.807, 2.05) is 0 Å². The van der Waals surface area contributed by atoms with Crippen LogP contribution in [0.1, 0.15) is 5.56 Å². The third kappa shape index (κ3) is 2.04. The van der Waals surface area contributed by atoms with Gasteiger partial charge in [0, 0.05) is 11.6 Å². The van der Waals surface area contributed by atoms with Gasteiger partial charge in [0.25, 0.3) is 0 Å². The lowest BCUT2D eigenvalue weighted by Crippen LogP contribution is -1.94. The number of hydrogen-bond acceptors (Lipinski definition) is 5. The molecule has 0 aliphatic carbocycles. The van der Waals surface area contributed by atoms with Crippen LogP contribution in [0.4, 0.5) is 0 Å². The number of methoxy groups -OCH3 is 2. The third-order valence-corrected chi connectivity index (χ3v) is 2.42. The van der Waals surface area contributed by atoms with Gasteiger partial charge in [-0.3, -0.25) is 0 Å². The second-order valence-corrected chi connectivity index (χ2v) is 3.44. The summed E-state index contributed by atoms with van der Waals surface area (Å²) in [4.78, 5) is 10.5. The van der Waals surface area contributed by atoms with E-state index in [4.69, 9.17) is 24.1 Å². The van der Waals surface area contributed by atoms with Crippen LogP contribution < -0.4 is 18.9 Å². The molecule has 0 atom stereocenters. The fourth-order valence-corrected chi connectivity index (χ4v) is 1.68. The van der Waals surface area contributed by atoms with Gasteiger partial charge in [0.2, 0.25) is 18.3 Å². The van der Waals surface area contributed by atoms with Gasteiger partial charge in [0.1, 0.15) is 0 Å². The Morgan fingerprint density at radius 1 is 1.33 bits per heavy atom. The molecule has 1 aliphatic heterocycles. The van der Waals surface area contributed by atoms with Crippen molar-refractivity contribution in [2.24, 2.45) is 0 Å². The predicted molar refractivity (Wildman–Crippen MR) is 62.3 cm³/mol. The maximum absolute atomic E-state index is 10.5. The molecule has 0 spiro atoms. The second-order valence-electron chi connectivity index (χ2n) is 3.44. The van der Waals surface area contributed by atoms with E-state index in [0.717, 1.165) is 6.08 Å². The van der Waals surface area contributed by atoms with Gasteiger partial charge in [0.15, 0.2) is 11.5 Å². The molecule has 0 fully saturated rings. The Bertz CT molecular complexity index is 506. The molecule has 2 rings (SSSR count). The summed E-state index contributed by atoms with van der Waals surface area (Å²) in [5.41, 5.74) is 0.543. The van der Waals surface area contributed by atoms with Crippen LogP contribution in [0.15, 0.2) is 12.1 Å². The van der Waals surface area contributed by atoms with Crippen molar-refractivity contribution in [1.29, 1.82) is 0 Å². The second kappa shape index (κ2) is 4.87. The molecular weight excluding hydrogens is 240 g/mol. The van der Waals surface area contributed by atoms with Crippen molar-refractivity contribution in [2.75, 3.05) is 21.0 Å². The van der Waals surface area contributed by atoms with Gasteiger partial charge in [-0.1, -0.05) is 0 Å². The van der Waals surface area contributed by atoms with Crippen LogP contribution in [0.3, 0.4) is 0 Å². The van der Waals surface area contributed by atoms with Gasteiger partial charge in [-0.15, -0.1) is 0 Å². The number of carboxylic acid groups (broad SMARTS) is 1. The van der Waals surface area contributed by atoms with Crippen LogP contribution in [0, 0.1) is 0 Å². The molecule has 1 aliphatic rings. The van der Waals surface area contributed by atoms with E-state index >= 15 is 0 Å². The molecule has 1 heterocycles. The van der Waals surface area contributed by atoms with Crippen LogP contribution >= 0.6 is 0 Å². The normalized spacial score (nSPS) is 12.8. The lowest BCUT2D eigenvalue weighted by Gasteiger charge is -2.11. The Balaban J connectivity index is 2.55. The van der Waals surface area contributed by atoms with Gasteiger partial charge in [0.05, 0.1) is 14.2 Å². The number of hydrogen-bond donors (Lipinski definition) is 1. The minimum atomic E-state index is -1.05. The summed E-state index contributed by atoms with van der Waals surface area (Å²) in [5.74, 6) is 0.714. The number of aliphatic carboxylic acids is 1. The van der Waals surface area contributed by atoms with E-state index in [2.05, 4.69) is 0 Å². The molecule has 1 N–H and O–H groups in total. The minimum absolute atomic E-state index is 0.0775. The highest BCUT2D eigenvalue weighted by Crippen LogP contribution is 2.49. The maximum atomic E-state index is 10.5. The van der Waals surface area contributed by atoms with Gasteiger partial charge >= 0.3 is 5.97 Å². The average Bonchev–Trinajstić information content (AvgIpc) is 2.83. The fourth-order valence-electron chi connectivity index (χ4n) is 1.68. The van der Waals surface area contributed by atoms with E-state index in [9.17, 15) is 4.79 Å². The monoisotopic (exact) mass is 252 g/mol. The highest BCUT2D eigenvalue weighted by Gasteiger charge is 2.26. The maximum Gasteiger partial charge on any atom is 0.328 e. The van der Waals surface area contributed by atoms with Crippen molar-refractivity contribution in [2.45, 2.75) is 0 Å². The molecule has 0 saturated heterocycles. The van der Waals surface area contributed by atoms with Gasteiger partial charge in [-0.2, -0.15) is 0 Å². The zero-order chi connectivity index (χ0) is 13.1. The lowest BCUT2D eigenvalue weighted by molar-refractivity contribution is -0.131. The number of rotatable bonds is 4. The van der Waals surface area contributed by atoms with Crippen LogP contribution in [0.5, 0.6) is 23.0 Å². The van der Waals surface area contributed by atoms with Crippen LogP contribution in [0.25, 0.3) is 6.08 Å². The van der Waals surface area contributed by atoms with Gasteiger partial charge < -0.3 is 24.1 Å². The molecule has 0 saturated carbocycles. The molecule has 0 aromatic heterocycles. The van der Waals surface area contributed by atoms with E-state index in [0.29, 0.717) is 28.6 Å². The summed E-state index contributed by atoms with van der Waals surface area (Å²) in [7, 11) is 2.97. The summed E-state index contributed by atoms with van der Waals surface area (Å²) in [6.45, 7) is 0.0775. The fraction of sp³-hybridized carbons (Fsp3) is 0.250. The van der Waals surface area contributed by atoms with E-state index in [-0.39, 0.29) is 6.79 Å². The Labute approximate surface area is 103 Å². The first kappa shape index (κ1) is 12.1. The highest BCUT2D eigenvalue weighted by molar-refractivity contribution is 5.87. The van der Waals surface area contributed by atoms with Crippen molar-refractivity contribution >= 4 is 12.0 Å². The van der Waals surface area contributed by atoms with E-state index in [1.165, 1.54) is 20.3 Å². The summed E-state index contributed by atoms with van der Waals surface area (Å²) < 4.78 is 21.0. The van der Waals surface area contributed by atoms with Crippen molar-refractivity contribution in [3.63, 3.8) is 0 Å². The molecule has 0 bridgehead atoms. The number of carbonyl (C=O) groups is 1. The largest absolute Gasteiger partial charge is 0.493 e. The molecule has 0 amide bonds. The molecular formula is C12H12O6. The molecule has 96 valence electrons. The molecule has 0 unspecified atom stereocenters. The number of carboxylic acids is 1. The van der Waals surface area contributed by atoms with Crippen LogP contribution in [-0.2, 0) is 4.79 Å². The molecule has 0 radical (unpaired) electrons. The Kier molecular flexibility index (Phi) is 3.27. The Hall–Kier alpha value is -2.37.